The Morgan fingerprint density at radius 1 is 0.571 bits per heavy atom. The standard InChI is InChI=1S/C40H44N6O16S/c1-19(47)55-17-31-35(57-21(3)49)33(45-15-29(41-43-45)25-9-7-11-27(53)13-25)37(59-23(5)51)39(61-31)63-40-38(60-24(6)52)34(36(58-22(4)50)32(62-40)18-56-20(2)48)46-16-30(42-44-46)26-10-8-12-28(54)14-26/h7-16,31-40,53-54H,17-18H2,1-6H3/t31-,32-,33+,34+,35+,36+,37-,38-,39+,40+/m1/s1. The summed E-state index contributed by atoms with van der Waals surface area (Å²) >= 11 is 0.817. The van der Waals surface area contributed by atoms with Crippen LogP contribution in [0.15, 0.2) is 60.9 Å². The van der Waals surface area contributed by atoms with Crippen molar-refractivity contribution in [1.82, 2.24) is 30.0 Å². The van der Waals surface area contributed by atoms with E-state index in [9.17, 15) is 39.0 Å². The number of phenols is 2. The fourth-order valence-corrected chi connectivity index (χ4v) is 8.58. The number of ether oxygens (including phenoxy) is 8. The van der Waals surface area contributed by atoms with Crippen molar-refractivity contribution in [2.45, 2.75) is 101 Å². The van der Waals surface area contributed by atoms with Crippen molar-refractivity contribution < 1.29 is 76.9 Å². The Labute approximate surface area is 363 Å². The molecule has 0 unspecified atom stereocenters. The van der Waals surface area contributed by atoms with E-state index in [1.807, 2.05) is 0 Å². The predicted octanol–water partition coefficient (Wildman–Crippen LogP) is 2.43. The summed E-state index contributed by atoms with van der Waals surface area (Å²) in [6.07, 6.45) is -5.23. The van der Waals surface area contributed by atoms with E-state index in [1.54, 1.807) is 24.3 Å². The van der Waals surface area contributed by atoms with E-state index in [4.69, 9.17) is 37.9 Å². The van der Waals surface area contributed by atoms with E-state index in [1.165, 1.54) is 46.0 Å². The number of nitrogens with zero attached hydrogens (tertiary/aromatic N) is 6. The van der Waals surface area contributed by atoms with Crippen molar-refractivity contribution in [2.75, 3.05) is 13.2 Å². The molecule has 2 N–H and O–H groups in total. The molecule has 10 atom stereocenters. The van der Waals surface area contributed by atoms with E-state index in [0.717, 1.165) is 53.3 Å². The molecule has 23 heteroatoms. The molecule has 63 heavy (non-hydrogen) atoms. The number of hydrogen-bond donors (Lipinski definition) is 2. The minimum Gasteiger partial charge on any atom is -0.508 e. The van der Waals surface area contributed by atoms with E-state index in [-0.39, 0.29) is 22.9 Å². The fraction of sp³-hybridized carbons (Fsp3) is 0.450. The second-order valence-electron chi connectivity index (χ2n) is 14.4. The van der Waals surface area contributed by atoms with Gasteiger partial charge in [-0.1, -0.05) is 46.5 Å². The van der Waals surface area contributed by atoms with Crippen LogP contribution in [0.5, 0.6) is 11.5 Å². The Bertz CT molecular complexity index is 2160. The van der Waals surface area contributed by atoms with Gasteiger partial charge in [-0.15, -0.1) is 10.2 Å². The van der Waals surface area contributed by atoms with Gasteiger partial charge in [-0.2, -0.15) is 0 Å². The molecule has 0 saturated carbocycles. The summed E-state index contributed by atoms with van der Waals surface area (Å²) in [6.45, 7) is 5.89. The number of rotatable bonds is 14. The lowest BCUT2D eigenvalue weighted by Crippen LogP contribution is -2.61. The number of aromatic hydroxyl groups is 2. The Balaban J connectivity index is 1.49. The molecule has 2 aliphatic rings. The van der Waals surface area contributed by atoms with Crippen LogP contribution in [0, 0.1) is 0 Å². The maximum atomic E-state index is 13.0. The van der Waals surface area contributed by atoms with Crippen LogP contribution >= 0.6 is 11.8 Å². The zero-order valence-electron chi connectivity index (χ0n) is 34.7. The Kier molecular flexibility index (Phi) is 14.6. The lowest BCUT2D eigenvalue weighted by molar-refractivity contribution is -0.217. The molecule has 2 aromatic carbocycles. The van der Waals surface area contributed by atoms with Gasteiger partial charge in [0.2, 0.25) is 0 Å². The summed E-state index contributed by atoms with van der Waals surface area (Å²) in [5, 5.41) is 37.5. The van der Waals surface area contributed by atoms with Crippen LogP contribution in [0.1, 0.15) is 53.6 Å². The number of esters is 6. The number of phenolic OH excluding ortho intramolecular Hbond substituents is 2. The number of carbonyl (C=O) groups is 6. The quantitative estimate of drug-likeness (QED) is 0.136. The van der Waals surface area contributed by atoms with Gasteiger partial charge in [0.15, 0.2) is 24.4 Å². The van der Waals surface area contributed by atoms with Crippen LogP contribution < -0.4 is 0 Å². The van der Waals surface area contributed by atoms with Crippen LogP contribution in [0.3, 0.4) is 0 Å². The second kappa shape index (κ2) is 20.1. The molecule has 0 bridgehead atoms. The van der Waals surface area contributed by atoms with Gasteiger partial charge in [0.25, 0.3) is 0 Å². The van der Waals surface area contributed by atoms with Gasteiger partial charge in [0.1, 0.15) is 71.3 Å². The minimum absolute atomic E-state index is 0.0563. The first-order valence-corrected chi connectivity index (χ1v) is 20.3. The number of carbonyl (C=O) groups excluding carboxylic acids is 6. The Hall–Kier alpha value is -6.59. The third kappa shape index (κ3) is 11.5. The van der Waals surface area contributed by atoms with Gasteiger partial charge >= 0.3 is 35.8 Å². The van der Waals surface area contributed by atoms with E-state index in [2.05, 4.69) is 20.6 Å². The smallest absolute Gasteiger partial charge is 0.303 e. The molecule has 2 fully saturated rings. The van der Waals surface area contributed by atoms with Crippen molar-refractivity contribution in [2.24, 2.45) is 0 Å². The first kappa shape index (κ1) is 45.9. The molecule has 4 heterocycles. The number of aromatic nitrogens is 6. The third-order valence-electron chi connectivity index (χ3n) is 9.53. The first-order valence-electron chi connectivity index (χ1n) is 19.3. The van der Waals surface area contributed by atoms with Gasteiger partial charge < -0.3 is 48.1 Å². The molecule has 336 valence electrons. The van der Waals surface area contributed by atoms with Gasteiger partial charge in [0, 0.05) is 52.7 Å². The third-order valence-corrected chi connectivity index (χ3v) is 10.8. The summed E-state index contributed by atoms with van der Waals surface area (Å²) in [5.74, 6) is -4.69. The number of benzene rings is 2. The molecular weight excluding hydrogens is 853 g/mol. The maximum absolute atomic E-state index is 13.0. The molecule has 22 nitrogen and oxygen atoms in total. The lowest BCUT2D eigenvalue weighted by atomic mass is 9.96. The lowest BCUT2D eigenvalue weighted by Gasteiger charge is -2.48. The molecule has 6 rings (SSSR count). The van der Waals surface area contributed by atoms with Crippen molar-refractivity contribution in [1.29, 1.82) is 0 Å². The maximum Gasteiger partial charge on any atom is 0.303 e. The molecule has 2 aliphatic heterocycles. The minimum atomic E-state index is -1.44. The first-order chi connectivity index (χ1) is 30.0. The summed E-state index contributed by atoms with van der Waals surface area (Å²) in [7, 11) is 0. The number of thioether (sulfide) groups is 1. The summed E-state index contributed by atoms with van der Waals surface area (Å²) in [6, 6.07) is 9.79. The van der Waals surface area contributed by atoms with Gasteiger partial charge in [-0.25, -0.2) is 9.36 Å². The van der Waals surface area contributed by atoms with Gasteiger partial charge in [0.05, 0.1) is 12.4 Å². The highest BCUT2D eigenvalue weighted by Crippen LogP contribution is 2.46. The SMILES string of the molecule is CC(=O)OC[C@H]1O[C@@H](S[C@@H]2O[C@H](COC(C)=O)[C@H](OC(C)=O)[C@H](n3cc(-c4cccc(O)c4)nn3)[C@H]2OC(C)=O)[C@H](OC(C)=O)[C@@H](n2cc(-c3cccc(O)c3)nn2)[C@H]1OC(C)=O. The van der Waals surface area contributed by atoms with Crippen LogP contribution in [0.25, 0.3) is 22.5 Å². The van der Waals surface area contributed by atoms with Crippen LogP contribution in [-0.2, 0) is 66.7 Å². The number of hydrogen-bond acceptors (Lipinski definition) is 21. The van der Waals surface area contributed by atoms with Gasteiger partial charge in [-0.3, -0.25) is 28.8 Å². The van der Waals surface area contributed by atoms with Crippen LogP contribution in [-0.4, -0.2) is 137 Å². The Morgan fingerprint density at radius 2 is 0.937 bits per heavy atom. The molecule has 0 radical (unpaired) electrons. The second-order valence-corrected chi connectivity index (χ2v) is 15.6. The van der Waals surface area contributed by atoms with E-state index in [0.29, 0.717) is 11.1 Å². The molecule has 2 aromatic heterocycles. The van der Waals surface area contributed by atoms with E-state index < -0.39 is 109 Å². The van der Waals surface area contributed by atoms with Crippen LogP contribution in [0.2, 0.25) is 0 Å². The fourth-order valence-electron chi connectivity index (χ4n) is 7.16. The van der Waals surface area contributed by atoms with E-state index >= 15 is 0 Å². The highest BCUT2D eigenvalue weighted by molar-refractivity contribution is 8.00. The monoisotopic (exact) mass is 896 g/mol. The Morgan fingerprint density at radius 3 is 1.27 bits per heavy atom. The summed E-state index contributed by atoms with van der Waals surface area (Å²) in [5.41, 5.74) is -1.31. The van der Waals surface area contributed by atoms with Crippen molar-refractivity contribution in [3.8, 4) is 34.0 Å². The van der Waals surface area contributed by atoms with Crippen molar-refractivity contribution in [3.05, 3.63) is 60.9 Å². The highest BCUT2D eigenvalue weighted by atomic mass is 32.2. The molecule has 0 amide bonds. The zero-order chi connectivity index (χ0) is 45.5. The molecule has 2 saturated heterocycles. The zero-order valence-corrected chi connectivity index (χ0v) is 35.5. The van der Waals surface area contributed by atoms with Gasteiger partial charge in [-0.05, 0) is 24.3 Å². The normalized spacial score (nSPS) is 25.6. The summed E-state index contributed by atoms with van der Waals surface area (Å²) in [4.78, 5) is 75.7. The van der Waals surface area contributed by atoms with Crippen molar-refractivity contribution in [3.63, 3.8) is 0 Å². The molecule has 0 spiro atoms. The molecule has 4 aromatic rings. The highest BCUT2D eigenvalue weighted by Gasteiger charge is 2.57. The largest absolute Gasteiger partial charge is 0.508 e. The molecular formula is C40H44N6O16S. The predicted molar refractivity (Wildman–Crippen MR) is 213 cm³/mol. The molecule has 0 aliphatic carbocycles. The van der Waals surface area contributed by atoms with Crippen molar-refractivity contribution >= 4 is 47.6 Å². The topological polar surface area (TPSA) is 278 Å². The average Bonchev–Trinajstić information content (AvgIpc) is 3.89. The summed E-state index contributed by atoms with van der Waals surface area (Å²) < 4.78 is 49.7. The average molecular weight is 897 g/mol. The van der Waals surface area contributed by atoms with Crippen LogP contribution in [0.4, 0.5) is 0 Å².